The lowest BCUT2D eigenvalue weighted by molar-refractivity contribution is -0.140. The highest BCUT2D eigenvalue weighted by Gasteiger charge is 2.41. The van der Waals surface area contributed by atoms with Crippen LogP contribution in [0.1, 0.15) is 85.5 Å². The molecule has 6 aromatic rings. The molecule has 5 aliphatic heterocycles. The number of benzene rings is 4. The first-order valence-corrected chi connectivity index (χ1v) is 28.2. The Bertz CT molecular complexity index is 3000. The number of β-amino-alcohol motifs (C(OH)–C–C–N with tert-alkyl or cyclic N) is 2. The Balaban J connectivity index is 0.000000183. The van der Waals surface area contributed by atoms with Crippen molar-refractivity contribution in [3.05, 3.63) is 137 Å². The highest BCUT2D eigenvalue weighted by molar-refractivity contribution is 5.92. The number of nitrogen functional groups attached to an aromatic ring is 1. The number of hydrogen-bond donors (Lipinski definition) is 6. The van der Waals surface area contributed by atoms with E-state index < -0.39 is 29.2 Å². The summed E-state index contributed by atoms with van der Waals surface area (Å²) in [5, 5.41) is 35.7. The molecule has 2 aromatic heterocycles. The molecule has 7 heterocycles. The number of H-pyrrole nitrogens is 2. The zero-order valence-corrected chi connectivity index (χ0v) is 44.9. The van der Waals surface area contributed by atoms with Crippen LogP contribution in [-0.4, -0.2) is 166 Å². The van der Waals surface area contributed by atoms with Crippen LogP contribution < -0.4 is 10.6 Å². The van der Waals surface area contributed by atoms with Crippen LogP contribution in [0.4, 0.5) is 29.3 Å². The molecular formula is C61H75F3N8O7. The van der Waals surface area contributed by atoms with Crippen molar-refractivity contribution in [2.24, 2.45) is 5.92 Å². The van der Waals surface area contributed by atoms with E-state index >= 15 is 0 Å². The summed E-state index contributed by atoms with van der Waals surface area (Å²) in [5.41, 5.74) is 12.7. The van der Waals surface area contributed by atoms with Gasteiger partial charge in [0, 0.05) is 104 Å². The number of rotatable bonds is 13. The summed E-state index contributed by atoms with van der Waals surface area (Å²) in [6, 6.07) is 24.0. The Labute approximate surface area is 459 Å². The van der Waals surface area contributed by atoms with Crippen molar-refractivity contribution in [2.75, 3.05) is 102 Å². The number of aromatic amines is 2. The summed E-state index contributed by atoms with van der Waals surface area (Å²) < 4.78 is 51.1. The second-order valence-corrected chi connectivity index (χ2v) is 22.3. The monoisotopic (exact) mass is 1090 g/mol. The molecule has 2 unspecified atom stereocenters. The van der Waals surface area contributed by atoms with Crippen molar-refractivity contribution < 1.29 is 47.6 Å². The first kappa shape index (κ1) is 55.9. The summed E-state index contributed by atoms with van der Waals surface area (Å²) in [7, 11) is 0. The molecule has 0 spiro atoms. The number of anilines is 2. The Morgan fingerprint density at radius 3 is 1.91 bits per heavy atom. The first-order valence-electron chi connectivity index (χ1n) is 28.2. The van der Waals surface area contributed by atoms with Gasteiger partial charge in [0.2, 0.25) is 5.91 Å². The number of aromatic nitrogens is 2. The Morgan fingerprint density at radius 2 is 1.29 bits per heavy atom. The molecule has 0 radical (unpaired) electrons. The number of nitrogens with two attached hydrogens (primary N) is 1. The van der Waals surface area contributed by atoms with Gasteiger partial charge in [-0.05, 0) is 172 Å². The van der Waals surface area contributed by atoms with E-state index in [1.54, 1.807) is 4.90 Å². The van der Waals surface area contributed by atoms with E-state index in [1.807, 2.05) is 42.5 Å². The fraction of sp³-hybridized carbons (Fsp3) is 0.475. The van der Waals surface area contributed by atoms with E-state index in [4.69, 9.17) is 15.2 Å². The minimum atomic E-state index is -1.56. The van der Waals surface area contributed by atoms with Crippen molar-refractivity contribution in [1.82, 2.24) is 29.6 Å². The van der Waals surface area contributed by atoms with E-state index in [9.17, 15) is 38.1 Å². The maximum atomic E-state index is 13.5. The van der Waals surface area contributed by atoms with Gasteiger partial charge in [-0.25, -0.2) is 18.0 Å². The average molecular weight is 1090 g/mol. The molecule has 5 aliphatic rings. The SMILES string of the molecule is Nc1ccc2[nH]cc(C3CCN(CC(O)C4CCN(C(=O)OCc5ccccc5)CC4)CC3)c2c1.O=C(/C=C/c1cc(F)c(F)c(F)c1)N1CCC(O)(C(O)CN2CCC(c3c[nH]c4ccc(N5CCOCC5)cc34)CC2)CC1. The van der Waals surface area contributed by atoms with Crippen LogP contribution in [0.2, 0.25) is 0 Å². The van der Waals surface area contributed by atoms with Gasteiger partial charge < -0.3 is 65.0 Å². The van der Waals surface area contributed by atoms with Crippen LogP contribution >= 0.6 is 0 Å². The first-order chi connectivity index (χ1) is 38.3. The number of fused-ring (bicyclic) bond motifs is 2. The summed E-state index contributed by atoms with van der Waals surface area (Å²) in [6.45, 7) is 9.99. The van der Waals surface area contributed by atoms with Crippen molar-refractivity contribution in [3.63, 3.8) is 0 Å². The maximum Gasteiger partial charge on any atom is 0.410 e. The number of morpholine rings is 1. The predicted molar refractivity (Wildman–Crippen MR) is 300 cm³/mol. The van der Waals surface area contributed by atoms with Crippen LogP contribution in [-0.2, 0) is 20.9 Å². The normalized spacial score (nSPS) is 20.2. The number of carbonyl (C=O) groups excluding carboxylic acids is 2. The maximum absolute atomic E-state index is 13.5. The lowest BCUT2D eigenvalue weighted by Crippen LogP contribution is -2.56. The van der Waals surface area contributed by atoms with Crippen LogP contribution in [0, 0.1) is 23.4 Å². The van der Waals surface area contributed by atoms with E-state index in [-0.39, 0.29) is 55.5 Å². The molecular weight excluding hydrogens is 1010 g/mol. The number of aliphatic hydroxyl groups excluding tert-OH is 2. The van der Waals surface area contributed by atoms with Gasteiger partial charge in [-0.1, -0.05) is 30.3 Å². The minimum absolute atomic E-state index is 0.0323. The fourth-order valence-electron chi connectivity index (χ4n) is 12.3. The molecule has 18 heteroatoms. The number of halogens is 3. The molecule has 0 saturated carbocycles. The third-order valence-corrected chi connectivity index (χ3v) is 17.3. The minimum Gasteiger partial charge on any atom is -0.445 e. The van der Waals surface area contributed by atoms with Gasteiger partial charge in [-0.2, -0.15) is 0 Å². The highest BCUT2D eigenvalue weighted by atomic mass is 19.2. The average Bonchev–Trinajstić information content (AvgIpc) is 4.15. The van der Waals surface area contributed by atoms with Crippen LogP contribution in [0.5, 0.6) is 0 Å². The van der Waals surface area contributed by atoms with Gasteiger partial charge in [0.15, 0.2) is 17.5 Å². The molecule has 0 bridgehead atoms. The van der Waals surface area contributed by atoms with Gasteiger partial charge in [-0.15, -0.1) is 0 Å². The number of hydrogen-bond acceptors (Lipinski definition) is 11. The lowest BCUT2D eigenvalue weighted by atomic mass is 9.84. The number of ether oxygens (including phenoxy) is 2. The smallest absolute Gasteiger partial charge is 0.410 e. The van der Waals surface area contributed by atoms with Crippen molar-refractivity contribution >= 4 is 51.3 Å². The number of aliphatic hydroxyl groups is 3. The molecule has 422 valence electrons. The number of likely N-dealkylation sites (tertiary alicyclic amines) is 4. The molecule has 7 N–H and O–H groups in total. The zero-order valence-electron chi connectivity index (χ0n) is 44.9. The second-order valence-electron chi connectivity index (χ2n) is 22.3. The van der Waals surface area contributed by atoms with Crippen molar-refractivity contribution in [2.45, 2.75) is 87.6 Å². The second kappa shape index (κ2) is 25.4. The predicted octanol–water partition coefficient (Wildman–Crippen LogP) is 8.37. The zero-order chi connectivity index (χ0) is 55.0. The fourth-order valence-corrected chi connectivity index (χ4v) is 12.3. The van der Waals surface area contributed by atoms with Crippen LogP contribution in [0.25, 0.3) is 27.9 Å². The van der Waals surface area contributed by atoms with Crippen LogP contribution in [0.15, 0.2) is 97.3 Å². The number of carbonyl (C=O) groups is 2. The standard InChI is InChI=1S/C33H39F3N4O4.C28H36N4O3/c34-27-17-22(18-28(35)32(27)36)1-4-31(42)40-11-7-33(43,8-12-40)30(41)21-38-9-5-23(6-10-38)26-20-37-29-3-2-24(19-25(26)29)39-13-15-44-16-14-39;29-23-6-7-26-24(16-23)25(17-30-26)21-8-12-31(13-9-21)18-27(33)22-10-14-32(15-11-22)28(34)35-19-20-4-2-1-3-5-20/h1-4,17-20,23,30,37,41,43H,5-16,21H2;1-7,16-17,21-22,27,30,33H,8-15,18-19,29H2/b4-1+;. The Kier molecular flexibility index (Phi) is 17.9. The Morgan fingerprint density at radius 1 is 0.709 bits per heavy atom. The molecule has 0 aliphatic carbocycles. The molecule has 2 amide bonds. The summed E-state index contributed by atoms with van der Waals surface area (Å²) in [5.74, 6) is -3.44. The molecule has 4 aromatic carbocycles. The summed E-state index contributed by atoms with van der Waals surface area (Å²) in [4.78, 5) is 42.1. The van der Waals surface area contributed by atoms with Crippen molar-refractivity contribution in [1.29, 1.82) is 0 Å². The molecule has 11 rings (SSSR count). The molecule has 5 fully saturated rings. The summed E-state index contributed by atoms with van der Waals surface area (Å²) >= 11 is 0. The molecule has 15 nitrogen and oxygen atoms in total. The lowest BCUT2D eigenvalue weighted by Gasteiger charge is -2.43. The van der Waals surface area contributed by atoms with E-state index in [1.165, 1.54) is 44.6 Å². The van der Waals surface area contributed by atoms with Gasteiger partial charge >= 0.3 is 6.09 Å². The number of amides is 2. The molecule has 79 heavy (non-hydrogen) atoms. The summed E-state index contributed by atoms with van der Waals surface area (Å²) in [6.07, 6.45) is 11.2. The van der Waals surface area contributed by atoms with E-state index in [0.717, 1.165) is 125 Å². The van der Waals surface area contributed by atoms with Gasteiger partial charge in [0.1, 0.15) is 6.61 Å². The van der Waals surface area contributed by atoms with Crippen molar-refractivity contribution in [3.8, 4) is 0 Å². The number of nitrogens with one attached hydrogen (secondary N) is 2. The van der Waals surface area contributed by atoms with Gasteiger partial charge in [0.05, 0.1) is 31.0 Å². The highest BCUT2D eigenvalue weighted by Crippen LogP contribution is 2.37. The Hall–Kier alpha value is -6.41. The van der Waals surface area contributed by atoms with Gasteiger partial charge in [0.25, 0.3) is 0 Å². The van der Waals surface area contributed by atoms with Crippen LogP contribution in [0.3, 0.4) is 0 Å². The van der Waals surface area contributed by atoms with E-state index in [2.05, 4.69) is 61.3 Å². The largest absolute Gasteiger partial charge is 0.445 e. The van der Waals surface area contributed by atoms with Gasteiger partial charge in [-0.3, -0.25) is 4.79 Å². The third-order valence-electron chi connectivity index (χ3n) is 17.3. The molecule has 2 atom stereocenters. The quantitative estimate of drug-likeness (QED) is 0.0371. The van der Waals surface area contributed by atoms with E-state index in [0.29, 0.717) is 44.6 Å². The number of nitrogens with zero attached hydrogens (tertiary/aromatic N) is 5. The molecule has 5 saturated heterocycles. The number of piperidine rings is 4. The third kappa shape index (κ3) is 13.6. The topological polar surface area (TPSA) is 187 Å².